The van der Waals surface area contributed by atoms with Crippen molar-refractivity contribution in [2.24, 2.45) is 0 Å². The summed E-state index contributed by atoms with van der Waals surface area (Å²) in [5, 5.41) is 4.14. The quantitative estimate of drug-likeness (QED) is 0.783. The molecule has 2 aromatic carbocycles. The Labute approximate surface area is 135 Å². The van der Waals surface area contributed by atoms with Gasteiger partial charge in [-0.25, -0.2) is 13.1 Å². The molecule has 0 bridgehead atoms. The molecular weight excluding hydrogens is 310 g/mol. The minimum atomic E-state index is -3.47. The van der Waals surface area contributed by atoms with Crippen LogP contribution in [0.2, 0.25) is 0 Å². The van der Waals surface area contributed by atoms with Crippen LogP contribution in [0.1, 0.15) is 11.1 Å². The highest BCUT2D eigenvalue weighted by atomic mass is 32.2. The summed E-state index contributed by atoms with van der Waals surface area (Å²) in [7, 11) is -3.47. The van der Waals surface area contributed by atoms with Crippen molar-refractivity contribution in [3.63, 3.8) is 0 Å². The molecule has 1 N–H and O–H groups in total. The van der Waals surface area contributed by atoms with Gasteiger partial charge >= 0.3 is 0 Å². The van der Waals surface area contributed by atoms with E-state index in [0.29, 0.717) is 5.69 Å². The first kappa shape index (κ1) is 15.3. The molecule has 0 aliphatic heterocycles. The maximum Gasteiger partial charge on any atom is 0.236 e. The van der Waals surface area contributed by atoms with Crippen LogP contribution >= 0.6 is 0 Å². The average Bonchev–Trinajstić information content (AvgIpc) is 3.03. The summed E-state index contributed by atoms with van der Waals surface area (Å²) in [6, 6.07) is 16.4. The Morgan fingerprint density at radius 3 is 2.57 bits per heavy atom. The number of aromatic nitrogens is 2. The first-order valence-electron chi connectivity index (χ1n) is 7.18. The molecule has 0 atom stereocenters. The van der Waals surface area contributed by atoms with Crippen LogP contribution in [0.25, 0.3) is 5.69 Å². The van der Waals surface area contributed by atoms with Crippen molar-refractivity contribution >= 4 is 15.7 Å². The average molecular weight is 327 g/mol. The highest BCUT2D eigenvalue weighted by Gasteiger charge is 2.12. The van der Waals surface area contributed by atoms with E-state index in [0.717, 1.165) is 16.8 Å². The standard InChI is InChI=1S/C17H17N3O2S/c1-14-6-8-15(9-7-14)13-23(21,22)19-16-4-2-5-17(12-16)20-11-3-10-18-20/h2-12,19H,13H2,1H3. The van der Waals surface area contributed by atoms with E-state index in [1.165, 1.54) is 0 Å². The van der Waals surface area contributed by atoms with Gasteiger partial charge in [0.25, 0.3) is 0 Å². The molecular formula is C17H17N3O2S. The van der Waals surface area contributed by atoms with Crippen molar-refractivity contribution in [1.29, 1.82) is 0 Å². The predicted molar refractivity (Wildman–Crippen MR) is 91.0 cm³/mol. The number of anilines is 1. The molecule has 0 amide bonds. The molecule has 3 rings (SSSR count). The summed E-state index contributed by atoms with van der Waals surface area (Å²) >= 11 is 0. The summed E-state index contributed by atoms with van der Waals surface area (Å²) in [4.78, 5) is 0. The van der Waals surface area contributed by atoms with E-state index in [1.54, 1.807) is 35.3 Å². The Morgan fingerprint density at radius 1 is 1.09 bits per heavy atom. The third-order valence-corrected chi connectivity index (χ3v) is 4.63. The van der Waals surface area contributed by atoms with Gasteiger partial charge in [0.15, 0.2) is 0 Å². The molecule has 0 fully saturated rings. The third-order valence-electron chi connectivity index (χ3n) is 3.37. The van der Waals surface area contributed by atoms with Gasteiger partial charge in [0.1, 0.15) is 0 Å². The molecule has 0 saturated heterocycles. The van der Waals surface area contributed by atoms with Crippen LogP contribution in [-0.2, 0) is 15.8 Å². The summed E-state index contributed by atoms with van der Waals surface area (Å²) in [6.07, 6.45) is 3.48. The molecule has 3 aromatic rings. The van der Waals surface area contributed by atoms with Gasteiger partial charge in [-0.15, -0.1) is 0 Å². The fraction of sp³-hybridized carbons (Fsp3) is 0.118. The molecule has 0 aliphatic rings. The largest absolute Gasteiger partial charge is 0.283 e. The number of aryl methyl sites for hydroxylation is 1. The molecule has 1 aromatic heterocycles. The Bertz CT molecular complexity index is 886. The molecule has 5 nitrogen and oxygen atoms in total. The van der Waals surface area contributed by atoms with Gasteiger partial charge in [-0.05, 0) is 36.8 Å². The molecule has 0 aliphatic carbocycles. The molecule has 0 radical (unpaired) electrons. The van der Waals surface area contributed by atoms with E-state index < -0.39 is 10.0 Å². The van der Waals surface area contributed by atoms with Gasteiger partial charge in [-0.2, -0.15) is 5.10 Å². The predicted octanol–water partition coefficient (Wildman–Crippen LogP) is 3.12. The van der Waals surface area contributed by atoms with Crippen LogP contribution in [-0.4, -0.2) is 18.2 Å². The van der Waals surface area contributed by atoms with E-state index in [1.807, 2.05) is 43.3 Å². The lowest BCUT2D eigenvalue weighted by atomic mass is 10.2. The Balaban J connectivity index is 1.78. The Kier molecular flexibility index (Phi) is 4.16. The van der Waals surface area contributed by atoms with Crippen LogP contribution in [0.4, 0.5) is 5.69 Å². The topological polar surface area (TPSA) is 64.0 Å². The van der Waals surface area contributed by atoms with E-state index in [2.05, 4.69) is 9.82 Å². The van der Waals surface area contributed by atoms with E-state index in [4.69, 9.17) is 0 Å². The SMILES string of the molecule is Cc1ccc(CS(=O)(=O)Nc2cccc(-n3cccn3)c2)cc1. The summed E-state index contributed by atoms with van der Waals surface area (Å²) in [5.74, 6) is -0.0563. The van der Waals surface area contributed by atoms with Crippen LogP contribution in [0.5, 0.6) is 0 Å². The van der Waals surface area contributed by atoms with Gasteiger partial charge in [-0.1, -0.05) is 35.9 Å². The lowest BCUT2D eigenvalue weighted by Crippen LogP contribution is -2.15. The van der Waals surface area contributed by atoms with Crippen molar-refractivity contribution in [3.05, 3.63) is 78.1 Å². The van der Waals surface area contributed by atoms with Gasteiger partial charge in [0.05, 0.1) is 17.1 Å². The zero-order chi connectivity index (χ0) is 16.3. The maximum absolute atomic E-state index is 12.3. The highest BCUT2D eigenvalue weighted by molar-refractivity contribution is 7.91. The summed E-state index contributed by atoms with van der Waals surface area (Å²) < 4.78 is 28.9. The normalized spacial score (nSPS) is 11.3. The second kappa shape index (κ2) is 6.26. The van der Waals surface area contributed by atoms with Gasteiger partial charge in [0, 0.05) is 12.4 Å². The Morgan fingerprint density at radius 2 is 1.87 bits per heavy atom. The van der Waals surface area contributed by atoms with Gasteiger partial charge < -0.3 is 0 Å². The lowest BCUT2D eigenvalue weighted by Gasteiger charge is -2.10. The number of hydrogen-bond acceptors (Lipinski definition) is 3. The first-order valence-corrected chi connectivity index (χ1v) is 8.83. The highest BCUT2D eigenvalue weighted by Crippen LogP contribution is 2.17. The number of hydrogen-bond donors (Lipinski definition) is 1. The molecule has 0 saturated carbocycles. The summed E-state index contributed by atoms with van der Waals surface area (Å²) in [6.45, 7) is 1.97. The van der Waals surface area contributed by atoms with Gasteiger partial charge in [-0.3, -0.25) is 4.72 Å². The van der Waals surface area contributed by atoms with Crippen molar-refractivity contribution < 1.29 is 8.42 Å². The van der Waals surface area contributed by atoms with Crippen molar-refractivity contribution in [2.75, 3.05) is 4.72 Å². The molecule has 1 heterocycles. The number of benzene rings is 2. The van der Waals surface area contributed by atoms with E-state index in [-0.39, 0.29) is 5.75 Å². The fourth-order valence-electron chi connectivity index (χ4n) is 2.25. The Hall–Kier alpha value is -2.60. The molecule has 0 spiro atoms. The number of nitrogens with zero attached hydrogens (tertiary/aromatic N) is 2. The second-order valence-corrected chi connectivity index (χ2v) is 7.07. The molecule has 118 valence electrons. The van der Waals surface area contributed by atoms with Crippen molar-refractivity contribution in [1.82, 2.24) is 9.78 Å². The van der Waals surface area contributed by atoms with Crippen LogP contribution in [0, 0.1) is 6.92 Å². The van der Waals surface area contributed by atoms with Crippen molar-refractivity contribution in [3.8, 4) is 5.69 Å². The zero-order valence-corrected chi connectivity index (χ0v) is 13.5. The first-order chi connectivity index (χ1) is 11.0. The molecule has 6 heteroatoms. The van der Waals surface area contributed by atoms with Crippen LogP contribution in [0.15, 0.2) is 67.0 Å². The fourth-order valence-corrected chi connectivity index (χ4v) is 3.44. The smallest absolute Gasteiger partial charge is 0.236 e. The number of rotatable bonds is 5. The maximum atomic E-state index is 12.3. The minimum absolute atomic E-state index is 0.0563. The van der Waals surface area contributed by atoms with Crippen molar-refractivity contribution in [2.45, 2.75) is 12.7 Å². The van der Waals surface area contributed by atoms with E-state index in [9.17, 15) is 8.42 Å². The van der Waals surface area contributed by atoms with Crippen LogP contribution in [0.3, 0.4) is 0 Å². The third kappa shape index (κ3) is 3.98. The van der Waals surface area contributed by atoms with Crippen LogP contribution < -0.4 is 4.72 Å². The number of sulfonamides is 1. The summed E-state index contributed by atoms with van der Waals surface area (Å²) in [5.41, 5.74) is 3.17. The number of nitrogens with one attached hydrogen (secondary N) is 1. The monoisotopic (exact) mass is 327 g/mol. The molecule has 0 unspecified atom stereocenters. The second-order valence-electron chi connectivity index (χ2n) is 5.35. The lowest BCUT2D eigenvalue weighted by molar-refractivity contribution is 0.600. The minimum Gasteiger partial charge on any atom is -0.283 e. The van der Waals surface area contributed by atoms with Gasteiger partial charge in [0.2, 0.25) is 10.0 Å². The van der Waals surface area contributed by atoms with E-state index >= 15 is 0 Å². The zero-order valence-electron chi connectivity index (χ0n) is 12.7. The molecule has 23 heavy (non-hydrogen) atoms.